The predicted octanol–water partition coefficient (Wildman–Crippen LogP) is 2.67. The molecular weight excluding hydrogens is 324 g/mol. The Kier molecular flexibility index (Phi) is 5.13. The molecule has 0 radical (unpaired) electrons. The normalized spacial score (nSPS) is 17.2. The van der Waals surface area contributed by atoms with Gasteiger partial charge in [0, 0.05) is 61.3 Å². The van der Waals surface area contributed by atoms with E-state index in [1.54, 1.807) is 17.8 Å². The lowest BCUT2D eigenvalue weighted by molar-refractivity contribution is 0.0566. The molecule has 6 heteroatoms. The second kappa shape index (κ2) is 7.13. The van der Waals surface area contributed by atoms with Crippen LogP contribution in [0.4, 0.5) is 5.69 Å². The van der Waals surface area contributed by atoms with E-state index in [0.29, 0.717) is 13.1 Å². The number of nitrogens with zero attached hydrogens (tertiary/aromatic N) is 3. The van der Waals surface area contributed by atoms with E-state index in [0.717, 1.165) is 29.2 Å². The summed E-state index contributed by atoms with van der Waals surface area (Å²) < 4.78 is 1.70. The number of benzene rings is 1. The second-order valence-corrected chi connectivity index (χ2v) is 7.12. The molecule has 2 aromatic rings. The number of rotatable bonds is 6. The van der Waals surface area contributed by atoms with Gasteiger partial charge in [0.25, 0.3) is 0 Å². The number of hydrogen-bond donors (Lipinski definition) is 2. The number of halogens is 1. The fraction of sp³-hybridized carbons (Fsp3) is 0.500. The van der Waals surface area contributed by atoms with Crippen LogP contribution < -0.4 is 10.2 Å². The molecule has 0 saturated carbocycles. The van der Waals surface area contributed by atoms with Gasteiger partial charge in [-0.3, -0.25) is 4.68 Å². The van der Waals surface area contributed by atoms with Crippen LogP contribution in [0.1, 0.15) is 30.9 Å². The van der Waals surface area contributed by atoms with Gasteiger partial charge in [-0.15, -0.1) is 0 Å². The van der Waals surface area contributed by atoms with Crippen molar-refractivity contribution in [1.29, 1.82) is 0 Å². The predicted molar refractivity (Wildman–Crippen MR) is 97.4 cm³/mol. The number of anilines is 1. The van der Waals surface area contributed by atoms with Crippen LogP contribution in [0, 0.1) is 0 Å². The Morgan fingerprint density at radius 1 is 1.33 bits per heavy atom. The van der Waals surface area contributed by atoms with E-state index < -0.39 is 5.60 Å². The first kappa shape index (κ1) is 17.3. The zero-order chi connectivity index (χ0) is 17.2. The molecule has 1 atom stereocenters. The summed E-state index contributed by atoms with van der Waals surface area (Å²) in [5, 5.41) is 18.9. The standard InChI is InChI=1S/C18H25ClN4O/c1-18(24,14-10-21-22(2)12-14)13-20-11-15-16(19)6-5-7-17(15)23-8-3-4-9-23/h5-7,10,12,20,24H,3-4,8-9,11,13H2,1-2H3. The zero-order valence-corrected chi connectivity index (χ0v) is 15.1. The fourth-order valence-electron chi connectivity index (χ4n) is 3.21. The van der Waals surface area contributed by atoms with E-state index in [-0.39, 0.29) is 0 Å². The lowest BCUT2D eigenvalue weighted by atomic mass is 9.99. The maximum atomic E-state index is 10.7. The molecule has 1 unspecified atom stereocenters. The topological polar surface area (TPSA) is 53.3 Å². The first-order valence-corrected chi connectivity index (χ1v) is 8.80. The van der Waals surface area contributed by atoms with E-state index in [9.17, 15) is 5.11 Å². The Morgan fingerprint density at radius 2 is 2.08 bits per heavy atom. The van der Waals surface area contributed by atoms with E-state index in [1.807, 2.05) is 25.4 Å². The van der Waals surface area contributed by atoms with Gasteiger partial charge in [-0.2, -0.15) is 5.10 Å². The third-order valence-corrected chi connectivity index (χ3v) is 4.99. The molecule has 3 rings (SSSR count). The zero-order valence-electron chi connectivity index (χ0n) is 14.3. The van der Waals surface area contributed by atoms with Crippen LogP contribution >= 0.6 is 11.6 Å². The van der Waals surface area contributed by atoms with Crippen molar-refractivity contribution in [1.82, 2.24) is 15.1 Å². The van der Waals surface area contributed by atoms with Crippen molar-refractivity contribution < 1.29 is 5.11 Å². The first-order chi connectivity index (χ1) is 11.5. The maximum Gasteiger partial charge on any atom is 0.102 e. The van der Waals surface area contributed by atoms with Crippen molar-refractivity contribution in [3.8, 4) is 0 Å². The molecule has 0 bridgehead atoms. The molecule has 1 fully saturated rings. The van der Waals surface area contributed by atoms with Crippen molar-refractivity contribution in [2.75, 3.05) is 24.5 Å². The van der Waals surface area contributed by atoms with Gasteiger partial charge in [-0.05, 0) is 31.9 Å². The highest BCUT2D eigenvalue weighted by atomic mass is 35.5. The largest absolute Gasteiger partial charge is 0.384 e. The van der Waals surface area contributed by atoms with Crippen molar-refractivity contribution >= 4 is 17.3 Å². The summed E-state index contributed by atoms with van der Waals surface area (Å²) in [5.74, 6) is 0. The molecule has 1 saturated heterocycles. The quantitative estimate of drug-likeness (QED) is 0.842. The van der Waals surface area contributed by atoms with E-state index in [4.69, 9.17) is 11.6 Å². The number of hydrogen-bond acceptors (Lipinski definition) is 4. The molecule has 0 spiro atoms. The highest BCUT2D eigenvalue weighted by Crippen LogP contribution is 2.30. The molecule has 1 aliphatic rings. The Bertz CT molecular complexity index is 692. The van der Waals surface area contributed by atoms with Crippen LogP contribution in [0.2, 0.25) is 5.02 Å². The molecule has 0 amide bonds. The average molecular weight is 349 g/mol. The van der Waals surface area contributed by atoms with Gasteiger partial charge >= 0.3 is 0 Å². The van der Waals surface area contributed by atoms with Crippen LogP contribution in [0.3, 0.4) is 0 Å². The van der Waals surface area contributed by atoms with Gasteiger partial charge in [0.15, 0.2) is 0 Å². The van der Waals surface area contributed by atoms with Crippen LogP contribution in [0.15, 0.2) is 30.6 Å². The number of nitrogens with one attached hydrogen (secondary N) is 1. The van der Waals surface area contributed by atoms with Gasteiger partial charge in [-0.1, -0.05) is 17.7 Å². The van der Waals surface area contributed by atoms with Crippen LogP contribution in [-0.4, -0.2) is 34.5 Å². The van der Waals surface area contributed by atoms with Crippen molar-refractivity contribution in [2.24, 2.45) is 7.05 Å². The minimum Gasteiger partial charge on any atom is -0.384 e. The van der Waals surface area contributed by atoms with Crippen molar-refractivity contribution in [2.45, 2.75) is 31.9 Å². The summed E-state index contributed by atoms with van der Waals surface area (Å²) in [6.45, 7) is 5.03. The number of aliphatic hydroxyl groups is 1. The Balaban J connectivity index is 1.68. The van der Waals surface area contributed by atoms with Gasteiger partial charge < -0.3 is 15.3 Å². The summed E-state index contributed by atoms with van der Waals surface area (Å²) in [5.41, 5.74) is 2.14. The third-order valence-electron chi connectivity index (χ3n) is 4.64. The van der Waals surface area contributed by atoms with E-state index >= 15 is 0 Å². The van der Waals surface area contributed by atoms with Gasteiger partial charge in [-0.25, -0.2) is 0 Å². The molecule has 1 aromatic heterocycles. The molecule has 24 heavy (non-hydrogen) atoms. The van der Waals surface area contributed by atoms with Crippen LogP contribution in [0.25, 0.3) is 0 Å². The fourth-order valence-corrected chi connectivity index (χ4v) is 3.45. The minimum absolute atomic E-state index is 0.434. The third kappa shape index (κ3) is 3.74. The molecular formula is C18H25ClN4O. The smallest absolute Gasteiger partial charge is 0.102 e. The number of aryl methyl sites for hydroxylation is 1. The Morgan fingerprint density at radius 3 is 2.75 bits per heavy atom. The van der Waals surface area contributed by atoms with Crippen LogP contribution in [-0.2, 0) is 19.2 Å². The van der Waals surface area contributed by atoms with Crippen LogP contribution in [0.5, 0.6) is 0 Å². The summed E-state index contributed by atoms with van der Waals surface area (Å²) >= 11 is 6.44. The Hall–Kier alpha value is -1.56. The number of aromatic nitrogens is 2. The minimum atomic E-state index is -0.969. The molecule has 130 valence electrons. The van der Waals surface area contributed by atoms with E-state index in [2.05, 4.69) is 21.4 Å². The molecule has 2 heterocycles. The monoisotopic (exact) mass is 348 g/mol. The van der Waals surface area contributed by atoms with Gasteiger partial charge in [0.05, 0.1) is 6.20 Å². The lowest BCUT2D eigenvalue weighted by Crippen LogP contribution is -2.35. The van der Waals surface area contributed by atoms with Crippen molar-refractivity contribution in [3.63, 3.8) is 0 Å². The maximum absolute atomic E-state index is 10.7. The van der Waals surface area contributed by atoms with E-state index in [1.165, 1.54) is 18.5 Å². The average Bonchev–Trinajstić information content (AvgIpc) is 3.20. The second-order valence-electron chi connectivity index (χ2n) is 6.71. The van der Waals surface area contributed by atoms with Gasteiger partial charge in [0.2, 0.25) is 0 Å². The Labute approximate surface area is 148 Å². The highest BCUT2D eigenvalue weighted by Gasteiger charge is 2.25. The van der Waals surface area contributed by atoms with Gasteiger partial charge in [0.1, 0.15) is 5.60 Å². The summed E-state index contributed by atoms with van der Waals surface area (Å²) in [6.07, 6.45) is 6.00. The molecule has 1 aromatic carbocycles. The molecule has 5 nitrogen and oxygen atoms in total. The van der Waals surface area contributed by atoms with Crippen molar-refractivity contribution in [3.05, 3.63) is 46.7 Å². The first-order valence-electron chi connectivity index (χ1n) is 8.42. The lowest BCUT2D eigenvalue weighted by Gasteiger charge is -2.25. The summed E-state index contributed by atoms with van der Waals surface area (Å²) in [4.78, 5) is 2.39. The SMILES string of the molecule is Cn1cc(C(C)(O)CNCc2c(Cl)cccc2N2CCCC2)cn1. The molecule has 1 aliphatic heterocycles. The molecule has 0 aliphatic carbocycles. The summed E-state index contributed by atoms with van der Waals surface area (Å²) in [6, 6.07) is 6.07. The summed E-state index contributed by atoms with van der Waals surface area (Å²) in [7, 11) is 1.85. The highest BCUT2D eigenvalue weighted by molar-refractivity contribution is 6.31. The molecule has 2 N–H and O–H groups in total.